The van der Waals surface area contributed by atoms with Crippen LogP contribution >= 0.6 is 0 Å². The first-order valence-corrected chi connectivity index (χ1v) is 10.3. The maximum atomic E-state index is 12.3. The normalized spacial score (nSPS) is 21.0. The van der Waals surface area contributed by atoms with Crippen LogP contribution in [0.25, 0.3) is 0 Å². The van der Waals surface area contributed by atoms with Crippen molar-refractivity contribution in [2.75, 3.05) is 25.0 Å². The summed E-state index contributed by atoms with van der Waals surface area (Å²) in [4.78, 5) is 39.6. The molecule has 0 spiro atoms. The second-order valence-corrected chi connectivity index (χ2v) is 8.91. The second-order valence-electron chi connectivity index (χ2n) is 8.91. The van der Waals surface area contributed by atoms with Crippen LogP contribution in [-0.4, -0.2) is 54.6 Å². The molecule has 3 rings (SSSR count). The minimum absolute atomic E-state index is 0.204. The van der Waals surface area contributed by atoms with Gasteiger partial charge in [0.2, 0.25) is 11.8 Å². The number of ether oxygens (including phenoxy) is 1. The fourth-order valence-corrected chi connectivity index (χ4v) is 3.95. The van der Waals surface area contributed by atoms with E-state index in [1.54, 1.807) is 4.90 Å². The van der Waals surface area contributed by atoms with Gasteiger partial charge in [-0.05, 0) is 63.6 Å². The van der Waals surface area contributed by atoms with Gasteiger partial charge < -0.3 is 14.5 Å². The first-order valence-electron chi connectivity index (χ1n) is 10.3. The molecule has 0 unspecified atom stereocenters. The van der Waals surface area contributed by atoms with Crippen molar-refractivity contribution >= 4 is 23.6 Å². The Hall–Kier alpha value is -2.57. The highest BCUT2D eigenvalue weighted by Gasteiger charge is 2.31. The summed E-state index contributed by atoms with van der Waals surface area (Å²) in [6, 6.07) is 7.89. The Labute approximate surface area is 172 Å². The number of nitrogens with one attached hydrogen (secondary N) is 1. The summed E-state index contributed by atoms with van der Waals surface area (Å²) >= 11 is 0. The molecule has 7 nitrogen and oxygen atoms in total. The van der Waals surface area contributed by atoms with E-state index in [2.05, 4.69) is 17.4 Å². The van der Waals surface area contributed by atoms with Crippen molar-refractivity contribution in [2.45, 2.75) is 64.0 Å². The standard InChI is InChI=1S/C22H31N3O4/c1-22(2,3)29-21(28)25-12-10-15(11-13-25)16-6-5-7-17(14-16)24(4)18-8-9-19(26)23-20(18)27/h5-7,14-15,18H,8-13H2,1-4H3,(H,23,26,27)/t18-/m0/s1. The van der Waals surface area contributed by atoms with E-state index < -0.39 is 5.60 Å². The average Bonchev–Trinajstić information content (AvgIpc) is 2.66. The summed E-state index contributed by atoms with van der Waals surface area (Å²) < 4.78 is 5.47. The number of benzene rings is 1. The lowest BCUT2D eigenvalue weighted by Crippen LogP contribution is -2.51. The number of hydrogen-bond acceptors (Lipinski definition) is 5. The molecular weight excluding hydrogens is 370 g/mol. The van der Waals surface area contributed by atoms with Crippen LogP contribution < -0.4 is 10.2 Å². The number of anilines is 1. The van der Waals surface area contributed by atoms with Crippen LogP contribution in [0.15, 0.2) is 24.3 Å². The molecule has 2 heterocycles. The Morgan fingerprint density at radius 2 is 1.86 bits per heavy atom. The zero-order chi connectivity index (χ0) is 21.2. The maximum absolute atomic E-state index is 12.3. The molecule has 2 aliphatic heterocycles. The smallest absolute Gasteiger partial charge is 0.410 e. The Kier molecular flexibility index (Phi) is 6.15. The van der Waals surface area contributed by atoms with Crippen LogP contribution in [0.5, 0.6) is 0 Å². The Bertz CT molecular complexity index is 779. The summed E-state index contributed by atoms with van der Waals surface area (Å²) in [6.45, 7) is 6.98. The number of nitrogens with zero attached hydrogens (tertiary/aromatic N) is 2. The lowest BCUT2D eigenvalue weighted by atomic mass is 9.89. The van der Waals surface area contributed by atoms with Crippen molar-refractivity contribution in [1.82, 2.24) is 10.2 Å². The zero-order valence-corrected chi connectivity index (χ0v) is 17.7. The van der Waals surface area contributed by atoms with Gasteiger partial charge in [0, 0.05) is 32.2 Å². The van der Waals surface area contributed by atoms with Crippen molar-refractivity contribution in [1.29, 1.82) is 0 Å². The van der Waals surface area contributed by atoms with Gasteiger partial charge in [0.15, 0.2) is 0 Å². The number of likely N-dealkylation sites (N-methyl/N-ethyl adjacent to an activating group) is 1. The summed E-state index contributed by atoms with van der Waals surface area (Å²) in [5, 5.41) is 2.42. The van der Waals surface area contributed by atoms with E-state index in [0.29, 0.717) is 31.8 Å². The third kappa shape index (κ3) is 5.28. The van der Waals surface area contributed by atoms with Crippen molar-refractivity contribution in [3.05, 3.63) is 29.8 Å². The molecule has 0 bridgehead atoms. The second kappa shape index (κ2) is 8.43. The number of hydrogen-bond donors (Lipinski definition) is 1. The lowest BCUT2D eigenvalue weighted by molar-refractivity contribution is -0.134. The van der Waals surface area contributed by atoms with E-state index in [1.165, 1.54) is 5.56 Å². The summed E-state index contributed by atoms with van der Waals surface area (Å²) in [5.74, 6) is -0.0752. The minimum Gasteiger partial charge on any atom is -0.444 e. The van der Waals surface area contributed by atoms with Gasteiger partial charge in [-0.2, -0.15) is 0 Å². The SMILES string of the molecule is CN(c1cccc(C2CCN(C(=O)OC(C)(C)C)CC2)c1)[C@H]1CCC(=O)NC1=O. The molecule has 1 N–H and O–H groups in total. The van der Waals surface area contributed by atoms with Gasteiger partial charge in [0.05, 0.1) is 0 Å². The molecule has 2 fully saturated rings. The average molecular weight is 402 g/mol. The fraction of sp³-hybridized carbons (Fsp3) is 0.591. The molecule has 0 aromatic heterocycles. The van der Waals surface area contributed by atoms with Gasteiger partial charge in [-0.15, -0.1) is 0 Å². The molecule has 158 valence electrons. The molecule has 1 aromatic carbocycles. The van der Waals surface area contributed by atoms with Gasteiger partial charge >= 0.3 is 6.09 Å². The molecule has 2 aliphatic rings. The van der Waals surface area contributed by atoms with Gasteiger partial charge in [0.1, 0.15) is 11.6 Å². The third-order valence-electron chi connectivity index (χ3n) is 5.57. The van der Waals surface area contributed by atoms with Crippen molar-refractivity contribution in [3.8, 4) is 0 Å². The van der Waals surface area contributed by atoms with Gasteiger partial charge in [-0.1, -0.05) is 12.1 Å². The highest BCUT2D eigenvalue weighted by atomic mass is 16.6. The molecule has 1 aromatic rings. The van der Waals surface area contributed by atoms with E-state index in [4.69, 9.17) is 4.74 Å². The number of imide groups is 1. The van der Waals surface area contributed by atoms with Gasteiger partial charge in [-0.25, -0.2) is 4.79 Å². The number of amides is 3. The largest absolute Gasteiger partial charge is 0.444 e. The number of carbonyl (C=O) groups excluding carboxylic acids is 3. The predicted molar refractivity (Wildman–Crippen MR) is 111 cm³/mol. The highest BCUT2D eigenvalue weighted by molar-refractivity contribution is 6.01. The van der Waals surface area contributed by atoms with Crippen LogP contribution in [0.2, 0.25) is 0 Å². The number of piperidine rings is 2. The summed E-state index contributed by atoms with van der Waals surface area (Å²) in [7, 11) is 1.89. The minimum atomic E-state index is -0.483. The molecule has 7 heteroatoms. The first-order chi connectivity index (χ1) is 13.6. The van der Waals surface area contributed by atoms with E-state index in [1.807, 2.05) is 44.9 Å². The molecule has 29 heavy (non-hydrogen) atoms. The van der Waals surface area contributed by atoms with Crippen LogP contribution in [0, 0.1) is 0 Å². The molecule has 2 saturated heterocycles. The molecule has 0 saturated carbocycles. The number of rotatable bonds is 3. The number of carbonyl (C=O) groups is 3. The Morgan fingerprint density at radius 3 is 2.48 bits per heavy atom. The van der Waals surface area contributed by atoms with Gasteiger partial charge in [-0.3, -0.25) is 14.9 Å². The van der Waals surface area contributed by atoms with Crippen LogP contribution in [0.3, 0.4) is 0 Å². The van der Waals surface area contributed by atoms with Crippen LogP contribution in [0.1, 0.15) is 57.9 Å². The van der Waals surface area contributed by atoms with E-state index in [9.17, 15) is 14.4 Å². The monoisotopic (exact) mass is 401 g/mol. The number of likely N-dealkylation sites (tertiary alicyclic amines) is 1. The quantitative estimate of drug-likeness (QED) is 0.788. The predicted octanol–water partition coefficient (Wildman–Crippen LogP) is 3.04. The highest BCUT2D eigenvalue weighted by Crippen LogP contribution is 2.31. The first kappa shape index (κ1) is 21.1. The van der Waals surface area contributed by atoms with E-state index in [-0.39, 0.29) is 23.9 Å². The van der Waals surface area contributed by atoms with Gasteiger partial charge in [0.25, 0.3) is 0 Å². The van der Waals surface area contributed by atoms with Crippen molar-refractivity contribution in [3.63, 3.8) is 0 Å². The maximum Gasteiger partial charge on any atom is 0.410 e. The van der Waals surface area contributed by atoms with Crippen molar-refractivity contribution in [2.24, 2.45) is 0 Å². The third-order valence-corrected chi connectivity index (χ3v) is 5.57. The zero-order valence-electron chi connectivity index (χ0n) is 17.7. The van der Waals surface area contributed by atoms with Crippen molar-refractivity contribution < 1.29 is 19.1 Å². The molecule has 0 aliphatic carbocycles. The van der Waals surface area contributed by atoms with Crippen LogP contribution in [0.4, 0.5) is 10.5 Å². The van der Waals surface area contributed by atoms with E-state index in [0.717, 1.165) is 18.5 Å². The molecule has 0 radical (unpaired) electrons. The van der Waals surface area contributed by atoms with Crippen LogP contribution in [-0.2, 0) is 14.3 Å². The molecular formula is C22H31N3O4. The van der Waals surface area contributed by atoms with E-state index >= 15 is 0 Å². The summed E-state index contributed by atoms with van der Waals surface area (Å²) in [6.07, 6.45) is 2.40. The lowest BCUT2D eigenvalue weighted by Gasteiger charge is -2.34. The Balaban J connectivity index is 1.62. The fourth-order valence-electron chi connectivity index (χ4n) is 3.95. The Morgan fingerprint density at radius 1 is 1.17 bits per heavy atom. The molecule has 3 amide bonds. The molecule has 1 atom stereocenters. The summed E-state index contributed by atoms with van der Waals surface area (Å²) in [5.41, 5.74) is 1.69. The topological polar surface area (TPSA) is 79.0 Å².